The van der Waals surface area contributed by atoms with Gasteiger partial charge in [0.1, 0.15) is 5.75 Å². The summed E-state index contributed by atoms with van der Waals surface area (Å²) in [4.78, 5) is 25.4. The van der Waals surface area contributed by atoms with E-state index in [1.165, 1.54) is 13.2 Å². The Balaban J connectivity index is 1.87. The largest absolute Gasteiger partial charge is 0.495 e. The summed E-state index contributed by atoms with van der Waals surface area (Å²) in [5.41, 5.74) is 1.97. The molecule has 0 spiro atoms. The number of amides is 1. The average molecular weight is 444 g/mol. The van der Waals surface area contributed by atoms with E-state index in [9.17, 15) is 9.59 Å². The molecule has 1 N–H and O–H groups in total. The fourth-order valence-electron chi connectivity index (χ4n) is 2.61. The lowest BCUT2D eigenvalue weighted by Crippen LogP contribution is -2.26. The van der Waals surface area contributed by atoms with Gasteiger partial charge in [0, 0.05) is 5.56 Å². The van der Waals surface area contributed by atoms with Gasteiger partial charge in [0.25, 0.3) is 5.91 Å². The zero-order chi connectivity index (χ0) is 20.1. The molecule has 0 saturated heterocycles. The van der Waals surface area contributed by atoms with Crippen LogP contribution in [0.25, 0.3) is 0 Å². The number of hydrogen-bond donors (Lipinski definition) is 1. The summed E-state index contributed by atoms with van der Waals surface area (Å²) >= 11 is 3.14. The number of aryl methyl sites for hydroxylation is 1. The Morgan fingerprint density at radius 3 is 2.46 bits per heavy atom. The van der Waals surface area contributed by atoms with Gasteiger partial charge in [-0.05, 0) is 52.7 Å². The molecule has 3 rings (SSSR count). The summed E-state index contributed by atoms with van der Waals surface area (Å²) in [5.74, 6) is -0.749. The van der Waals surface area contributed by atoms with Crippen molar-refractivity contribution in [1.29, 1.82) is 0 Å². The Labute approximate surface area is 170 Å². The van der Waals surface area contributed by atoms with E-state index in [2.05, 4.69) is 21.2 Å². The predicted molar refractivity (Wildman–Crippen MR) is 107 cm³/mol. The van der Waals surface area contributed by atoms with Crippen LogP contribution in [0.2, 0.25) is 0 Å². The molecule has 1 unspecified atom stereocenters. The third-order valence-electron chi connectivity index (χ3n) is 3.95. The molecular weight excluding hydrogens is 426 g/mol. The maximum Gasteiger partial charge on any atom is 0.375 e. The van der Waals surface area contributed by atoms with Crippen molar-refractivity contribution < 1.29 is 23.5 Å². The summed E-state index contributed by atoms with van der Waals surface area (Å²) in [7, 11) is 1.52. The average Bonchev–Trinajstić information content (AvgIpc) is 3.13. The van der Waals surface area contributed by atoms with Gasteiger partial charge >= 0.3 is 5.97 Å². The zero-order valence-electron chi connectivity index (χ0n) is 15.3. The number of carbonyl (C=O) groups is 2. The number of furan rings is 1. The van der Waals surface area contributed by atoms with Crippen LogP contribution in [0.1, 0.15) is 27.8 Å². The van der Waals surface area contributed by atoms with Crippen LogP contribution in [0.3, 0.4) is 0 Å². The number of rotatable bonds is 6. The van der Waals surface area contributed by atoms with Crippen molar-refractivity contribution in [3.05, 3.63) is 82.2 Å². The minimum absolute atomic E-state index is 0.00579. The molecule has 0 aliphatic heterocycles. The Morgan fingerprint density at radius 1 is 1.07 bits per heavy atom. The number of esters is 1. The minimum atomic E-state index is -1.16. The van der Waals surface area contributed by atoms with E-state index in [4.69, 9.17) is 13.9 Å². The molecule has 0 radical (unpaired) electrons. The number of ether oxygens (including phenoxy) is 2. The lowest BCUT2D eigenvalue weighted by Gasteiger charge is -2.18. The van der Waals surface area contributed by atoms with Gasteiger partial charge in [-0.25, -0.2) is 4.79 Å². The second kappa shape index (κ2) is 8.75. The molecule has 2 aromatic carbocycles. The van der Waals surface area contributed by atoms with E-state index in [-0.39, 0.29) is 5.76 Å². The van der Waals surface area contributed by atoms with Crippen LogP contribution in [0.5, 0.6) is 5.75 Å². The molecule has 3 aromatic rings. The number of hydrogen-bond acceptors (Lipinski definition) is 5. The van der Waals surface area contributed by atoms with Gasteiger partial charge in [0.15, 0.2) is 4.67 Å². The summed E-state index contributed by atoms with van der Waals surface area (Å²) in [6.07, 6.45) is -1.16. The second-order valence-electron chi connectivity index (χ2n) is 5.99. The first kappa shape index (κ1) is 19.7. The van der Waals surface area contributed by atoms with Crippen molar-refractivity contribution in [2.75, 3.05) is 12.4 Å². The SMILES string of the molecule is COc1ccc(C)cc1NC(=O)C(OC(=O)c1ccc(Br)o1)c1ccccc1. The van der Waals surface area contributed by atoms with E-state index >= 15 is 0 Å². The molecule has 0 aliphatic rings. The molecule has 1 aromatic heterocycles. The van der Waals surface area contributed by atoms with Crippen molar-refractivity contribution in [3.63, 3.8) is 0 Å². The van der Waals surface area contributed by atoms with Crippen LogP contribution in [-0.2, 0) is 9.53 Å². The molecule has 0 bridgehead atoms. The van der Waals surface area contributed by atoms with E-state index < -0.39 is 18.0 Å². The molecule has 0 fully saturated rings. The van der Waals surface area contributed by atoms with Crippen LogP contribution in [-0.4, -0.2) is 19.0 Å². The van der Waals surface area contributed by atoms with Crippen molar-refractivity contribution in [2.45, 2.75) is 13.0 Å². The van der Waals surface area contributed by atoms with Gasteiger partial charge in [0.2, 0.25) is 11.9 Å². The standard InChI is InChI=1S/C21H18BrNO5/c1-13-8-9-16(26-2)15(12-13)23-20(24)19(14-6-4-3-5-7-14)28-21(25)17-10-11-18(22)27-17/h3-12,19H,1-2H3,(H,23,24). The van der Waals surface area contributed by atoms with Gasteiger partial charge < -0.3 is 19.2 Å². The van der Waals surface area contributed by atoms with Gasteiger partial charge in [-0.2, -0.15) is 0 Å². The second-order valence-corrected chi connectivity index (χ2v) is 6.77. The van der Waals surface area contributed by atoms with E-state index in [0.717, 1.165) is 5.56 Å². The highest BCUT2D eigenvalue weighted by molar-refractivity contribution is 9.10. The summed E-state index contributed by atoms with van der Waals surface area (Å²) in [5, 5.41) is 2.78. The molecule has 6 nitrogen and oxygen atoms in total. The number of halogens is 1. The Bertz CT molecular complexity index is 983. The summed E-state index contributed by atoms with van der Waals surface area (Å²) in [6.45, 7) is 1.90. The van der Waals surface area contributed by atoms with Crippen molar-refractivity contribution in [3.8, 4) is 5.75 Å². The molecular formula is C21H18BrNO5. The fourth-order valence-corrected chi connectivity index (χ4v) is 2.91. The van der Waals surface area contributed by atoms with Crippen molar-refractivity contribution in [2.24, 2.45) is 0 Å². The predicted octanol–water partition coefficient (Wildman–Crippen LogP) is 4.90. The zero-order valence-corrected chi connectivity index (χ0v) is 16.9. The van der Waals surface area contributed by atoms with Crippen LogP contribution in [0, 0.1) is 6.92 Å². The topological polar surface area (TPSA) is 77.8 Å². The maximum atomic E-state index is 13.0. The third kappa shape index (κ3) is 4.61. The van der Waals surface area contributed by atoms with Gasteiger partial charge in [-0.3, -0.25) is 4.79 Å². The van der Waals surface area contributed by atoms with Crippen LogP contribution in [0.15, 0.2) is 69.8 Å². The molecule has 0 aliphatic carbocycles. The third-order valence-corrected chi connectivity index (χ3v) is 4.38. The van der Waals surface area contributed by atoms with Crippen molar-refractivity contribution in [1.82, 2.24) is 0 Å². The van der Waals surface area contributed by atoms with E-state index in [1.807, 2.05) is 19.1 Å². The molecule has 0 saturated carbocycles. The molecule has 144 valence electrons. The van der Waals surface area contributed by atoms with Crippen molar-refractivity contribution >= 4 is 33.5 Å². The Morgan fingerprint density at radius 2 is 1.82 bits per heavy atom. The Hall–Kier alpha value is -3.06. The highest BCUT2D eigenvalue weighted by atomic mass is 79.9. The molecule has 1 atom stereocenters. The number of anilines is 1. The molecule has 1 heterocycles. The Kier molecular flexibility index (Phi) is 6.16. The van der Waals surface area contributed by atoms with Gasteiger partial charge in [0.05, 0.1) is 12.8 Å². The first-order chi connectivity index (χ1) is 13.5. The maximum absolute atomic E-state index is 13.0. The van der Waals surface area contributed by atoms with Gasteiger partial charge in [-0.1, -0.05) is 36.4 Å². The minimum Gasteiger partial charge on any atom is -0.495 e. The number of benzene rings is 2. The van der Waals surface area contributed by atoms with Crippen LogP contribution < -0.4 is 10.1 Å². The summed E-state index contributed by atoms with van der Waals surface area (Å²) < 4.78 is 16.4. The monoisotopic (exact) mass is 443 g/mol. The smallest absolute Gasteiger partial charge is 0.375 e. The lowest BCUT2D eigenvalue weighted by atomic mass is 10.1. The molecule has 1 amide bonds. The number of carbonyl (C=O) groups excluding carboxylic acids is 2. The number of nitrogens with one attached hydrogen (secondary N) is 1. The molecule has 28 heavy (non-hydrogen) atoms. The molecule has 7 heteroatoms. The van der Waals surface area contributed by atoms with E-state index in [0.29, 0.717) is 21.7 Å². The first-order valence-electron chi connectivity index (χ1n) is 8.44. The van der Waals surface area contributed by atoms with Crippen LogP contribution in [0.4, 0.5) is 5.69 Å². The van der Waals surface area contributed by atoms with E-state index in [1.54, 1.807) is 42.5 Å². The highest BCUT2D eigenvalue weighted by Gasteiger charge is 2.27. The van der Waals surface area contributed by atoms with Gasteiger partial charge in [-0.15, -0.1) is 0 Å². The quantitative estimate of drug-likeness (QED) is 0.548. The van der Waals surface area contributed by atoms with Crippen LogP contribution >= 0.6 is 15.9 Å². The summed E-state index contributed by atoms with van der Waals surface area (Å²) in [6, 6.07) is 17.2. The normalized spacial score (nSPS) is 11.5. The number of methoxy groups -OCH3 is 1. The first-order valence-corrected chi connectivity index (χ1v) is 9.24. The highest BCUT2D eigenvalue weighted by Crippen LogP contribution is 2.28. The lowest BCUT2D eigenvalue weighted by molar-refractivity contribution is -0.125. The fraction of sp³-hybridized carbons (Fsp3) is 0.143.